The van der Waals surface area contributed by atoms with E-state index in [0.29, 0.717) is 17.8 Å². The summed E-state index contributed by atoms with van der Waals surface area (Å²) in [4.78, 5) is 7.39. The fourth-order valence-corrected chi connectivity index (χ4v) is 4.94. The highest BCUT2D eigenvalue weighted by molar-refractivity contribution is 5.70. The van der Waals surface area contributed by atoms with Gasteiger partial charge in [0.05, 0.1) is 11.8 Å². The molecule has 1 N–H and O–H groups in total. The van der Waals surface area contributed by atoms with Gasteiger partial charge in [-0.05, 0) is 81.9 Å². The van der Waals surface area contributed by atoms with Crippen LogP contribution in [0.5, 0.6) is 5.75 Å². The third-order valence-corrected chi connectivity index (χ3v) is 6.35. The van der Waals surface area contributed by atoms with Gasteiger partial charge in [0, 0.05) is 24.2 Å². The van der Waals surface area contributed by atoms with E-state index in [9.17, 15) is 0 Å². The van der Waals surface area contributed by atoms with Crippen molar-refractivity contribution in [2.75, 3.05) is 25.5 Å². The molecule has 1 aliphatic heterocycles. The van der Waals surface area contributed by atoms with E-state index >= 15 is 0 Å². The number of benzene rings is 2. The molecule has 6 heteroatoms. The van der Waals surface area contributed by atoms with Gasteiger partial charge >= 0.3 is 0 Å². The van der Waals surface area contributed by atoms with Crippen LogP contribution in [0, 0.1) is 0 Å². The molecule has 0 spiro atoms. The molecule has 2 aromatic carbocycles. The quantitative estimate of drug-likeness (QED) is 0.585. The number of hydrogen-bond donors (Lipinski definition) is 1. The second-order valence-electron chi connectivity index (χ2n) is 8.72. The van der Waals surface area contributed by atoms with Crippen molar-refractivity contribution < 1.29 is 9.26 Å². The van der Waals surface area contributed by atoms with Gasteiger partial charge in [-0.25, -0.2) is 0 Å². The number of hydrogen-bond acceptors (Lipinski definition) is 6. The van der Waals surface area contributed by atoms with E-state index in [0.717, 1.165) is 29.0 Å². The minimum atomic E-state index is 0.109. The van der Waals surface area contributed by atoms with Crippen molar-refractivity contribution in [2.45, 2.75) is 51.7 Å². The summed E-state index contributed by atoms with van der Waals surface area (Å²) in [6.07, 6.45) is 4.99. The summed E-state index contributed by atoms with van der Waals surface area (Å²) in [5, 5.41) is 7.53. The highest BCUT2D eigenvalue weighted by Gasteiger charge is 2.31. The zero-order valence-electron chi connectivity index (χ0n) is 18.5. The molecule has 162 valence electrons. The molecule has 1 atom stereocenters. The predicted molar refractivity (Wildman–Crippen MR) is 122 cm³/mol. The summed E-state index contributed by atoms with van der Waals surface area (Å²) >= 11 is 0. The zero-order valence-corrected chi connectivity index (χ0v) is 18.5. The average Bonchev–Trinajstić information content (AvgIpc) is 3.53. The normalized spacial score (nSPS) is 18.5. The molecule has 2 aliphatic rings. The standard InChI is InChI=1S/C25H30N4O2/c1-16(2)30-23-12-9-17(15-21(23)26-3)25-27-24(28-31-25)20-8-6-7-19-18(20)10-11-22(19)29-13-4-5-14-29/h6-9,12,15-16,22,26H,4-5,10-11,13-14H2,1-3H3. The van der Waals surface area contributed by atoms with Crippen LogP contribution in [-0.2, 0) is 6.42 Å². The molecule has 0 radical (unpaired) electrons. The van der Waals surface area contributed by atoms with Crippen molar-refractivity contribution in [3.05, 3.63) is 47.5 Å². The van der Waals surface area contributed by atoms with E-state index in [4.69, 9.17) is 14.2 Å². The summed E-state index contributed by atoms with van der Waals surface area (Å²) < 4.78 is 11.5. The molecule has 0 amide bonds. The molecule has 3 aromatic rings. The van der Waals surface area contributed by atoms with Gasteiger partial charge in [-0.15, -0.1) is 0 Å². The Kier molecular flexibility index (Phi) is 5.40. The van der Waals surface area contributed by atoms with Crippen LogP contribution in [-0.4, -0.2) is 41.3 Å². The topological polar surface area (TPSA) is 63.4 Å². The van der Waals surface area contributed by atoms with Crippen LogP contribution in [0.1, 0.15) is 50.3 Å². The Morgan fingerprint density at radius 1 is 1.16 bits per heavy atom. The summed E-state index contributed by atoms with van der Waals surface area (Å²) in [7, 11) is 1.88. The summed E-state index contributed by atoms with van der Waals surface area (Å²) in [6, 6.07) is 13.0. The van der Waals surface area contributed by atoms with E-state index in [-0.39, 0.29) is 6.10 Å². The number of aromatic nitrogens is 2. The van der Waals surface area contributed by atoms with Gasteiger partial charge in [0.1, 0.15) is 5.75 Å². The lowest BCUT2D eigenvalue weighted by Crippen LogP contribution is -2.23. The first-order chi connectivity index (χ1) is 15.1. The third kappa shape index (κ3) is 3.81. The number of ether oxygens (including phenoxy) is 1. The van der Waals surface area contributed by atoms with Crippen molar-refractivity contribution in [3.63, 3.8) is 0 Å². The van der Waals surface area contributed by atoms with Gasteiger partial charge in [-0.3, -0.25) is 4.90 Å². The van der Waals surface area contributed by atoms with Crippen LogP contribution in [0.3, 0.4) is 0 Å². The molecular formula is C25H30N4O2. The number of anilines is 1. The molecule has 1 aromatic heterocycles. The first kappa shape index (κ1) is 20.1. The molecule has 0 bridgehead atoms. The fourth-order valence-electron chi connectivity index (χ4n) is 4.94. The SMILES string of the molecule is CNc1cc(-c2nc(-c3cccc4c3CCC4N3CCCC3)no2)ccc1OC(C)C. The molecular weight excluding hydrogens is 388 g/mol. The maximum Gasteiger partial charge on any atom is 0.258 e. The van der Waals surface area contributed by atoms with Gasteiger partial charge in [0.25, 0.3) is 5.89 Å². The Balaban J connectivity index is 1.44. The molecule has 1 saturated heterocycles. The van der Waals surface area contributed by atoms with Crippen molar-refractivity contribution in [1.29, 1.82) is 0 Å². The van der Waals surface area contributed by atoms with Gasteiger partial charge < -0.3 is 14.6 Å². The summed E-state index contributed by atoms with van der Waals surface area (Å²) in [5.41, 5.74) is 5.70. The van der Waals surface area contributed by atoms with Gasteiger partial charge in [0.2, 0.25) is 5.82 Å². The summed E-state index contributed by atoms with van der Waals surface area (Å²) in [5.74, 6) is 2.01. The Morgan fingerprint density at radius 2 is 2.00 bits per heavy atom. The first-order valence-electron chi connectivity index (χ1n) is 11.3. The number of fused-ring (bicyclic) bond motifs is 1. The fraction of sp³-hybridized carbons (Fsp3) is 0.440. The summed E-state index contributed by atoms with van der Waals surface area (Å²) in [6.45, 7) is 6.46. The van der Waals surface area contributed by atoms with Crippen molar-refractivity contribution in [2.24, 2.45) is 0 Å². The Labute approximate surface area is 183 Å². The van der Waals surface area contributed by atoms with Gasteiger partial charge in [-0.1, -0.05) is 23.4 Å². The van der Waals surface area contributed by atoms with Crippen molar-refractivity contribution in [3.8, 4) is 28.6 Å². The lowest BCUT2D eigenvalue weighted by Gasteiger charge is -2.24. The van der Waals surface area contributed by atoms with Crippen LogP contribution < -0.4 is 10.1 Å². The van der Waals surface area contributed by atoms with Gasteiger partial charge in [0.15, 0.2) is 0 Å². The first-order valence-corrected chi connectivity index (χ1v) is 11.3. The van der Waals surface area contributed by atoms with Crippen LogP contribution in [0.2, 0.25) is 0 Å². The van der Waals surface area contributed by atoms with E-state index in [1.807, 2.05) is 39.1 Å². The minimum absolute atomic E-state index is 0.109. The zero-order chi connectivity index (χ0) is 21.4. The maximum atomic E-state index is 5.87. The van der Waals surface area contributed by atoms with Gasteiger partial charge in [-0.2, -0.15) is 4.98 Å². The number of rotatable bonds is 6. The molecule has 0 saturated carbocycles. The Bertz CT molecular complexity index is 1070. The molecule has 5 rings (SSSR count). The molecule has 1 unspecified atom stereocenters. The van der Waals surface area contributed by atoms with Crippen LogP contribution >= 0.6 is 0 Å². The monoisotopic (exact) mass is 418 g/mol. The predicted octanol–water partition coefficient (Wildman–Crippen LogP) is 5.32. The highest BCUT2D eigenvalue weighted by atomic mass is 16.5. The van der Waals surface area contributed by atoms with Crippen molar-refractivity contribution in [1.82, 2.24) is 15.0 Å². The second kappa shape index (κ2) is 8.35. The molecule has 6 nitrogen and oxygen atoms in total. The largest absolute Gasteiger partial charge is 0.489 e. The Morgan fingerprint density at radius 3 is 2.77 bits per heavy atom. The smallest absolute Gasteiger partial charge is 0.258 e. The van der Waals surface area contributed by atoms with E-state index in [1.165, 1.54) is 43.5 Å². The molecule has 2 heterocycles. The highest BCUT2D eigenvalue weighted by Crippen LogP contribution is 2.41. The minimum Gasteiger partial charge on any atom is -0.489 e. The van der Waals surface area contributed by atoms with Crippen molar-refractivity contribution >= 4 is 5.69 Å². The van der Waals surface area contributed by atoms with Crippen LogP contribution in [0.4, 0.5) is 5.69 Å². The van der Waals surface area contributed by atoms with E-state index in [1.54, 1.807) is 0 Å². The van der Waals surface area contributed by atoms with Crippen LogP contribution in [0.15, 0.2) is 40.9 Å². The van der Waals surface area contributed by atoms with E-state index in [2.05, 4.69) is 33.6 Å². The number of nitrogens with zero attached hydrogens (tertiary/aromatic N) is 3. The number of likely N-dealkylation sites (tertiary alicyclic amines) is 1. The number of nitrogens with one attached hydrogen (secondary N) is 1. The average molecular weight is 419 g/mol. The molecule has 1 fully saturated rings. The maximum absolute atomic E-state index is 5.87. The lowest BCUT2D eigenvalue weighted by molar-refractivity contribution is 0.243. The van der Waals surface area contributed by atoms with Crippen LogP contribution in [0.25, 0.3) is 22.8 Å². The lowest BCUT2D eigenvalue weighted by atomic mass is 10.0. The second-order valence-corrected chi connectivity index (χ2v) is 8.72. The Hall–Kier alpha value is -2.86. The molecule has 31 heavy (non-hydrogen) atoms. The molecule has 1 aliphatic carbocycles. The third-order valence-electron chi connectivity index (χ3n) is 6.35. The van der Waals surface area contributed by atoms with E-state index < -0.39 is 0 Å².